The van der Waals surface area contributed by atoms with Crippen LogP contribution in [0.4, 0.5) is 0 Å². The standard InChI is InChI=1S/C33H66O4/c1-4-7-10-13-16-17-18-21-24-29-35-32(34)27-22-23-28-33(36-30-25-19-14-11-8-5-2)37-31-26-20-15-12-9-6-3/h33H,4-31H2,1-3H3. The first kappa shape index (κ1) is 36.4. The highest BCUT2D eigenvalue weighted by atomic mass is 16.7. The molecule has 222 valence electrons. The Morgan fingerprint density at radius 3 is 1.27 bits per heavy atom. The maximum absolute atomic E-state index is 12.1. The molecule has 4 heteroatoms. The van der Waals surface area contributed by atoms with Crippen LogP contribution in [0.5, 0.6) is 0 Å². The van der Waals surface area contributed by atoms with Crippen molar-refractivity contribution in [1.82, 2.24) is 0 Å². The summed E-state index contributed by atoms with van der Waals surface area (Å²) in [5, 5.41) is 0. The predicted molar refractivity (Wildman–Crippen MR) is 159 cm³/mol. The molecule has 0 aliphatic rings. The van der Waals surface area contributed by atoms with Gasteiger partial charge in [0.1, 0.15) is 0 Å². The molecule has 0 heterocycles. The van der Waals surface area contributed by atoms with Crippen molar-refractivity contribution in [2.75, 3.05) is 19.8 Å². The first-order chi connectivity index (χ1) is 18.2. The van der Waals surface area contributed by atoms with Crippen LogP contribution in [0, 0.1) is 0 Å². The van der Waals surface area contributed by atoms with E-state index in [0.29, 0.717) is 13.0 Å². The Kier molecular flexibility index (Phi) is 31.1. The third-order valence-electron chi connectivity index (χ3n) is 7.18. The number of ether oxygens (including phenoxy) is 3. The van der Waals surface area contributed by atoms with Gasteiger partial charge in [-0.3, -0.25) is 4.79 Å². The predicted octanol–water partition coefficient (Wildman–Crippen LogP) is 10.7. The molecule has 4 nitrogen and oxygen atoms in total. The smallest absolute Gasteiger partial charge is 0.305 e. The van der Waals surface area contributed by atoms with Gasteiger partial charge in [0, 0.05) is 19.6 Å². The SMILES string of the molecule is CCCCCCCCCCCOC(=O)CCCCC(OCCCCCCCC)OCCCCCCCC. The van der Waals surface area contributed by atoms with Crippen molar-refractivity contribution in [2.24, 2.45) is 0 Å². The van der Waals surface area contributed by atoms with Gasteiger partial charge in [-0.05, 0) is 38.5 Å². The normalized spacial score (nSPS) is 11.5. The van der Waals surface area contributed by atoms with Crippen LogP contribution in [0.3, 0.4) is 0 Å². The van der Waals surface area contributed by atoms with E-state index in [9.17, 15) is 4.79 Å². The molecule has 0 saturated heterocycles. The summed E-state index contributed by atoms with van der Waals surface area (Å²) in [4.78, 5) is 12.1. The van der Waals surface area contributed by atoms with Crippen LogP contribution in [-0.4, -0.2) is 32.1 Å². The minimum atomic E-state index is -0.121. The summed E-state index contributed by atoms with van der Waals surface area (Å²) in [6, 6.07) is 0. The van der Waals surface area contributed by atoms with E-state index >= 15 is 0 Å². The molecular weight excluding hydrogens is 460 g/mol. The van der Waals surface area contributed by atoms with Gasteiger partial charge in [-0.25, -0.2) is 0 Å². The quantitative estimate of drug-likeness (QED) is 0.0512. The average Bonchev–Trinajstić information content (AvgIpc) is 2.90. The van der Waals surface area contributed by atoms with E-state index in [1.807, 2.05) is 0 Å². The van der Waals surface area contributed by atoms with Gasteiger partial charge in [-0.2, -0.15) is 0 Å². The first-order valence-corrected chi connectivity index (χ1v) is 16.6. The van der Waals surface area contributed by atoms with Crippen molar-refractivity contribution in [3.63, 3.8) is 0 Å². The molecule has 0 rings (SSSR count). The minimum absolute atomic E-state index is 0.0443. The maximum Gasteiger partial charge on any atom is 0.305 e. The molecule has 0 fully saturated rings. The van der Waals surface area contributed by atoms with Gasteiger partial charge in [-0.15, -0.1) is 0 Å². The molecule has 0 amide bonds. The third kappa shape index (κ3) is 29.8. The molecule has 0 unspecified atom stereocenters. The Morgan fingerprint density at radius 1 is 0.459 bits per heavy atom. The van der Waals surface area contributed by atoms with Crippen LogP contribution in [0.25, 0.3) is 0 Å². The summed E-state index contributed by atoms with van der Waals surface area (Å²) in [6.07, 6.45) is 29.9. The molecule has 0 N–H and O–H groups in total. The number of hydrogen-bond acceptors (Lipinski definition) is 4. The number of carbonyl (C=O) groups is 1. The second-order valence-electron chi connectivity index (χ2n) is 11.0. The maximum atomic E-state index is 12.1. The van der Waals surface area contributed by atoms with E-state index in [1.54, 1.807) is 0 Å². The number of esters is 1. The van der Waals surface area contributed by atoms with Crippen LogP contribution in [-0.2, 0) is 19.0 Å². The Bertz CT molecular complexity index is 422. The van der Waals surface area contributed by atoms with Crippen molar-refractivity contribution in [2.45, 2.75) is 188 Å². The summed E-state index contributed by atoms with van der Waals surface area (Å²) in [5.74, 6) is -0.0443. The molecule has 0 aromatic carbocycles. The lowest BCUT2D eigenvalue weighted by atomic mass is 10.1. The van der Waals surface area contributed by atoms with E-state index in [0.717, 1.165) is 51.7 Å². The van der Waals surface area contributed by atoms with Gasteiger partial charge in [0.15, 0.2) is 6.29 Å². The van der Waals surface area contributed by atoms with Gasteiger partial charge < -0.3 is 14.2 Å². The van der Waals surface area contributed by atoms with Gasteiger partial charge in [-0.1, -0.05) is 136 Å². The summed E-state index contributed by atoms with van der Waals surface area (Å²) in [6.45, 7) is 8.93. The van der Waals surface area contributed by atoms with Crippen molar-refractivity contribution >= 4 is 5.97 Å². The Hall–Kier alpha value is -0.610. The highest BCUT2D eigenvalue weighted by Crippen LogP contribution is 2.14. The molecule has 0 aromatic rings. The molecule has 0 saturated carbocycles. The monoisotopic (exact) mass is 526 g/mol. The molecule has 0 bridgehead atoms. The Balaban J connectivity index is 3.87. The van der Waals surface area contributed by atoms with E-state index < -0.39 is 0 Å². The topological polar surface area (TPSA) is 44.8 Å². The summed E-state index contributed by atoms with van der Waals surface area (Å²) in [5.41, 5.74) is 0. The zero-order valence-electron chi connectivity index (χ0n) is 25.5. The summed E-state index contributed by atoms with van der Waals surface area (Å²) in [7, 11) is 0. The Labute approximate surface area is 232 Å². The first-order valence-electron chi connectivity index (χ1n) is 16.6. The van der Waals surface area contributed by atoms with Gasteiger partial charge in [0.05, 0.1) is 6.61 Å². The number of carbonyl (C=O) groups excluding carboxylic acids is 1. The largest absolute Gasteiger partial charge is 0.466 e. The highest BCUT2D eigenvalue weighted by Gasteiger charge is 2.11. The van der Waals surface area contributed by atoms with Crippen LogP contribution in [0.2, 0.25) is 0 Å². The average molecular weight is 527 g/mol. The van der Waals surface area contributed by atoms with Crippen LogP contribution in [0.15, 0.2) is 0 Å². The molecular formula is C33H66O4. The summed E-state index contributed by atoms with van der Waals surface area (Å²) >= 11 is 0. The third-order valence-corrected chi connectivity index (χ3v) is 7.18. The van der Waals surface area contributed by atoms with E-state index in [-0.39, 0.29) is 12.3 Å². The van der Waals surface area contributed by atoms with Crippen LogP contribution >= 0.6 is 0 Å². The van der Waals surface area contributed by atoms with Crippen molar-refractivity contribution < 1.29 is 19.0 Å². The highest BCUT2D eigenvalue weighted by molar-refractivity contribution is 5.69. The molecule has 0 aliphatic heterocycles. The fraction of sp³-hybridized carbons (Fsp3) is 0.970. The molecule has 37 heavy (non-hydrogen) atoms. The molecule has 0 aliphatic carbocycles. The van der Waals surface area contributed by atoms with E-state index in [1.165, 1.54) is 116 Å². The van der Waals surface area contributed by atoms with Crippen molar-refractivity contribution in [3.8, 4) is 0 Å². The summed E-state index contributed by atoms with van der Waals surface area (Å²) < 4.78 is 17.6. The molecule has 0 spiro atoms. The van der Waals surface area contributed by atoms with E-state index in [2.05, 4.69) is 20.8 Å². The van der Waals surface area contributed by atoms with Crippen molar-refractivity contribution in [1.29, 1.82) is 0 Å². The molecule has 0 atom stereocenters. The number of unbranched alkanes of at least 4 members (excludes halogenated alkanes) is 19. The fourth-order valence-electron chi connectivity index (χ4n) is 4.66. The lowest BCUT2D eigenvalue weighted by Gasteiger charge is -2.19. The van der Waals surface area contributed by atoms with Crippen molar-refractivity contribution in [3.05, 3.63) is 0 Å². The Morgan fingerprint density at radius 2 is 0.838 bits per heavy atom. The number of hydrogen-bond donors (Lipinski definition) is 0. The zero-order valence-corrected chi connectivity index (χ0v) is 25.5. The lowest BCUT2D eigenvalue weighted by molar-refractivity contribution is -0.149. The van der Waals surface area contributed by atoms with Crippen LogP contribution < -0.4 is 0 Å². The molecule has 0 radical (unpaired) electrons. The second kappa shape index (κ2) is 31.6. The van der Waals surface area contributed by atoms with Gasteiger partial charge in [0.25, 0.3) is 0 Å². The molecule has 0 aromatic heterocycles. The minimum Gasteiger partial charge on any atom is -0.466 e. The lowest BCUT2D eigenvalue weighted by Crippen LogP contribution is -2.19. The number of rotatable bonds is 31. The second-order valence-corrected chi connectivity index (χ2v) is 11.0. The zero-order chi connectivity index (χ0) is 27.1. The van der Waals surface area contributed by atoms with Gasteiger partial charge >= 0.3 is 5.97 Å². The van der Waals surface area contributed by atoms with Crippen LogP contribution in [0.1, 0.15) is 181 Å². The van der Waals surface area contributed by atoms with E-state index in [4.69, 9.17) is 14.2 Å². The fourth-order valence-corrected chi connectivity index (χ4v) is 4.66. The van der Waals surface area contributed by atoms with Gasteiger partial charge in [0.2, 0.25) is 0 Å².